The average molecular weight is 661 g/mol. The standard InChI is InChI=1S/C23H24N4O.C16H16O3S/c1-24-21-11-10-19(27-12-6-3-7-13-27)14-20(21)22(28)18-15-25-23(26-16-18)17-8-4-2-5-9-17;1-2-3-6-13(12-17)7-5-10-20-15-9-4-8-14(11-15)16(18)19/h2,4-5,8-11,14-16,24H,3,6-7,12-13H2,1H3;2-9,11-12H,10H2,1H3,(H,18,19)/b;3-2-,7-5+,13-6+. The fraction of sp³-hybridized carbons (Fsp3) is 0.205. The van der Waals surface area contributed by atoms with Crippen LogP contribution in [0.15, 0.2) is 126 Å². The van der Waals surface area contributed by atoms with Crippen LogP contribution in [-0.2, 0) is 4.79 Å². The van der Waals surface area contributed by atoms with Crippen molar-refractivity contribution in [1.82, 2.24) is 9.97 Å². The van der Waals surface area contributed by atoms with Gasteiger partial charge in [-0.25, -0.2) is 14.8 Å². The summed E-state index contributed by atoms with van der Waals surface area (Å²) in [5.74, 6) is 0.292. The monoisotopic (exact) mass is 660 g/mol. The molecule has 0 spiro atoms. The van der Waals surface area contributed by atoms with Crippen LogP contribution >= 0.6 is 11.8 Å². The van der Waals surface area contributed by atoms with Crippen molar-refractivity contribution in [1.29, 1.82) is 0 Å². The summed E-state index contributed by atoms with van der Waals surface area (Å²) in [6.07, 6.45) is 16.7. The highest BCUT2D eigenvalue weighted by Crippen LogP contribution is 2.28. The number of thioether (sulfide) groups is 1. The first kappa shape index (κ1) is 35.6. The average Bonchev–Trinajstić information content (AvgIpc) is 3.15. The number of piperidine rings is 1. The van der Waals surface area contributed by atoms with Crippen LogP contribution in [0.1, 0.15) is 52.5 Å². The molecule has 2 heterocycles. The molecule has 4 aromatic rings. The van der Waals surface area contributed by atoms with E-state index in [2.05, 4.69) is 26.3 Å². The summed E-state index contributed by atoms with van der Waals surface area (Å²) in [6.45, 7) is 3.97. The molecule has 3 aromatic carbocycles. The van der Waals surface area contributed by atoms with Gasteiger partial charge in [-0.3, -0.25) is 9.59 Å². The lowest BCUT2D eigenvalue weighted by Crippen LogP contribution is -2.29. The van der Waals surface area contributed by atoms with Crippen molar-refractivity contribution < 1.29 is 19.5 Å². The highest BCUT2D eigenvalue weighted by molar-refractivity contribution is 7.99. The molecule has 5 rings (SSSR count). The number of allylic oxidation sites excluding steroid dienone is 5. The number of hydrogen-bond acceptors (Lipinski definition) is 8. The Hall–Kier alpha value is -5.28. The van der Waals surface area contributed by atoms with E-state index in [-0.39, 0.29) is 11.3 Å². The zero-order chi connectivity index (χ0) is 34.1. The molecule has 1 fully saturated rings. The number of carbonyl (C=O) groups is 3. The fourth-order valence-electron chi connectivity index (χ4n) is 5.01. The third kappa shape index (κ3) is 10.4. The summed E-state index contributed by atoms with van der Waals surface area (Å²) in [5, 5.41) is 12.0. The van der Waals surface area contributed by atoms with Gasteiger partial charge in [0.15, 0.2) is 11.6 Å². The predicted octanol–water partition coefficient (Wildman–Crippen LogP) is 8.14. The van der Waals surface area contributed by atoms with E-state index in [0.29, 0.717) is 28.3 Å². The number of aromatic nitrogens is 2. The van der Waals surface area contributed by atoms with Crippen LogP contribution in [-0.4, -0.2) is 59.0 Å². The zero-order valence-electron chi connectivity index (χ0n) is 27.2. The molecule has 1 aromatic heterocycles. The van der Waals surface area contributed by atoms with Gasteiger partial charge < -0.3 is 15.3 Å². The Balaban J connectivity index is 0.000000231. The van der Waals surface area contributed by atoms with Crippen LogP contribution in [0.5, 0.6) is 0 Å². The Morgan fingerprint density at radius 3 is 2.35 bits per heavy atom. The normalized spacial score (nSPS) is 13.2. The second-order valence-electron chi connectivity index (χ2n) is 10.9. The molecule has 0 radical (unpaired) electrons. The number of aromatic carboxylic acids is 1. The molecule has 0 saturated carbocycles. The summed E-state index contributed by atoms with van der Waals surface area (Å²) in [5.41, 5.74) is 4.88. The molecule has 0 aliphatic carbocycles. The first-order chi connectivity index (χ1) is 23.4. The summed E-state index contributed by atoms with van der Waals surface area (Å²) in [4.78, 5) is 46.8. The summed E-state index contributed by atoms with van der Waals surface area (Å²) in [7, 11) is 1.84. The molecule has 9 heteroatoms. The van der Waals surface area contributed by atoms with E-state index in [1.165, 1.54) is 31.0 Å². The molecule has 0 atom stereocenters. The van der Waals surface area contributed by atoms with E-state index in [9.17, 15) is 14.4 Å². The third-order valence-electron chi connectivity index (χ3n) is 7.54. The van der Waals surface area contributed by atoms with Crippen LogP contribution in [0.3, 0.4) is 0 Å². The highest BCUT2D eigenvalue weighted by Gasteiger charge is 2.18. The van der Waals surface area contributed by atoms with Crippen molar-refractivity contribution in [2.75, 3.05) is 36.1 Å². The second kappa shape index (κ2) is 18.8. The Labute approximate surface area is 286 Å². The van der Waals surface area contributed by atoms with Gasteiger partial charge in [-0.2, -0.15) is 0 Å². The minimum atomic E-state index is -0.930. The summed E-state index contributed by atoms with van der Waals surface area (Å²) < 4.78 is 0. The van der Waals surface area contributed by atoms with Crippen molar-refractivity contribution in [3.05, 3.63) is 138 Å². The number of nitrogens with one attached hydrogen (secondary N) is 1. The van der Waals surface area contributed by atoms with E-state index < -0.39 is 5.97 Å². The molecule has 1 saturated heterocycles. The number of benzene rings is 3. The molecular formula is C39H40N4O4S. The largest absolute Gasteiger partial charge is 0.478 e. The number of nitrogens with zero attached hydrogens (tertiary/aromatic N) is 3. The Kier molecular flexibility index (Phi) is 13.9. The lowest BCUT2D eigenvalue weighted by Gasteiger charge is -2.29. The smallest absolute Gasteiger partial charge is 0.335 e. The molecule has 1 aliphatic rings. The van der Waals surface area contributed by atoms with Gasteiger partial charge in [0.1, 0.15) is 6.29 Å². The number of anilines is 2. The van der Waals surface area contributed by atoms with Gasteiger partial charge in [-0.1, -0.05) is 66.8 Å². The third-order valence-corrected chi connectivity index (χ3v) is 8.49. The van der Waals surface area contributed by atoms with Gasteiger partial charge in [-0.15, -0.1) is 11.8 Å². The minimum Gasteiger partial charge on any atom is -0.478 e. The number of rotatable bonds is 12. The number of carboxylic acids is 1. The van der Waals surface area contributed by atoms with E-state index in [1.54, 1.807) is 48.8 Å². The van der Waals surface area contributed by atoms with Gasteiger partial charge >= 0.3 is 5.97 Å². The topological polar surface area (TPSA) is 112 Å². The second-order valence-corrected chi connectivity index (χ2v) is 12.0. The zero-order valence-corrected chi connectivity index (χ0v) is 28.0. The summed E-state index contributed by atoms with van der Waals surface area (Å²) >= 11 is 1.52. The van der Waals surface area contributed by atoms with Gasteiger partial charge in [0.05, 0.1) is 11.1 Å². The minimum absolute atomic E-state index is 0.0668. The van der Waals surface area contributed by atoms with Gasteiger partial charge in [0.25, 0.3) is 0 Å². The van der Waals surface area contributed by atoms with E-state index in [0.717, 1.165) is 41.2 Å². The van der Waals surface area contributed by atoms with Crippen molar-refractivity contribution in [3.8, 4) is 11.4 Å². The molecular weight excluding hydrogens is 621 g/mol. The SMILES string of the molecule is CNc1ccc(N2CCCCC2)cc1C(=O)c1cnc(-c2ccccc2)nc1.C\C=C/C=C(C=O)\C=C\CSc1cccc(C(=O)O)c1. The molecule has 0 unspecified atom stereocenters. The molecule has 0 bridgehead atoms. The van der Waals surface area contributed by atoms with Gasteiger partial charge in [0.2, 0.25) is 0 Å². The Morgan fingerprint density at radius 1 is 0.938 bits per heavy atom. The number of carbonyl (C=O) groups excluding carboxylic acids is 2. The predicted molar refractivity (Wildman–Crippen MR) is 195 cm³/mol. The molecule has 8 nitrogen and oxygen atoms in total. The Morgan fingerprint density at radius 2 is 1.69 bits per heavy atom. The number of hydrogen-bond donors (Lipinski definition) is 2. The molecule has 2 N–H and O–H groups in total. The molecule has 48 heavy (non-hydrogen) atoms. The van der Waals surface area contributed by atoms with Gasteiger partial charge in [0, 0.05) is 71.3 Å². The van der Waals surface area contributed by atoms with Crippen molar-refractivity contribution in [2.24, 2.45) is 0 Å². The first-order valence-electron chi connectivity index (χ1n) is 15.8. The lowest BCUT2D eigenvalue weighted by atomic mass is 10.0. The van der Waals surface area contributed by atoms with E-state index in [4.69, 9.17) is 5.11 Å². The maximum atomic E-state index is 13.2. The quantitative estimate of drug-likeness (QED) is 0.0511. The van der Waals surface area contributed by atoms with Crippen molar-refractivity contribution in [2.45, 2.75) is 31.1 Å². The van der Waals surface area contributed by atoms with Crippen LogP contribution in [0, 0.1) is 0 Å². The number of ketones is 1. The Bertz CT molecular complexity index is 1760. The number of carboxylic acid groups (broad SMARTS) is 1. The lowest BCUT2D eigenvalue weighted by molar-refractivity contribution is -0.104. The maximum Gasteiger partial charge on any atom is 0.335 e. The molecule has 246 valence electrons. The van der Waals surface area contributed by atoms with Crippen LogP contribution in [0.4, 0.5) is 11.4 Å². The van der Waals surface area contributed by atoms with Crippen molar-refractivity contribution in [3.63, 3.8) is 0 Å². The molecule has 1 aliphatic heterocycles. The van der Waals surface area contributed by atoms with E-state index >= 15 is 0 Å². The fourth-order valence-corrected chi connectivity index (χ4v) is 5.78. The summed E-state index contributed by atoms with van der Waals surface area (Å²) in [6, 6.07) is 22.6. The van der Waals surface area contributed by atoms with Gasteiger partial charge in [-0.05, 0) is 62.6 Å². The number of aldehydes is 1. The maximum absolute atomic E-state index is 13.2. The van der Waals surface area contributed by atoms with Crippen LogP contribution in [0.25, 0.3) is 11.4 Å². The van der Waals surface area contributed by atoms with E-state index in [1.807, 2.05) is 74.7 Å². The highest BCUT2D eigenvalue weighted by atomic mass is 32.2. The van der Waals surface area contributed by atoms with Crippen LogP contribution in [0.2, 0.25) is 0 Å². The van der Waals surface area contributed by atoms with Crippen LogP contribution < -0.4 is 10.2 Å². The molecule has 0 amide bonds. The first-order valence-corrected chi connectivity index (χ1v) is 16.8. The van der Waals surface area contributed by atoms with Crippen molar-refractivity contribution >= 4 is 41.2 Å².